The fourth-order valence-electron chi connectivity index (χ4n) is 3.41. The number of oxime groups is 2. The lowest BCUT2D eigenvalue weighted by atomic mass is 10.2. The molecule has 4 aromatic rings. The maximum absolute atomic E-state index is 5.37. The first-order valence-corrected chi connectivity index (χ1v) is 11.7. The van der Waals surface area contributed by atoms with E-state index < -0.39 is 0 Å². The Balaban J connectivity index is 1.14. The molecular formula is C29H30N4O2+2. The van der Waals surface area contributed by atoms with E-state index in [9.17, 15) is 0 Å². The lowest BCUT2D eigenvalue weighted by Crippen LogP contribution is -2.38. The summed E-state index contributed by atoms with van der Waals surface area (Å²) < 4.78 is 4.35. The lowest BCUT2D eigenvalue weighted by Gasteiger charge is -2.00. The minimum Gasteiger partial charge on any atom is -0.391 e. The maximum Gasteiger partial charge on any atom is 0.169 e. The second kappa shape index (κ2) is 13.4. The number of nitrogens with zero attached hydrogens (tertiary/aromatic N) is 4. The molecule has 0 amide bonds. The van der Waals surface area contributed by atoms with Gasteiger partial charge in [-0.1, -0.05) is 71.0 Å². The second-order valence-electron chi connectivity index (χ2n) is 8.08. The summed E-state index contributed by atoms with van der Waals surface area (Å²) in [6.07, 6.45) is 12.8. The molecule has 0 unspecified atom stereocenters. The molecule has 6 nitrogen and oxygen atoms in total. The van der Waals surface area contributed by atoms with Crippen LogP contribution < -0.4 is 9.13 Å². The topological polar surface area (TPSA) is 50.9 Å². The number of pyridine rings is 2. The molecule has 0 atom stereocenters. The first kappa shape index (κ1) is 23.8. The first-order valence-electron chi connectivity index (χ1n) is 11.7. The summed E-state index contributed by atoms with van der Waals surface area (Å²) in [4.78, 5) is 10.7. The van der Waals surface area contributed by atoms with Crippen molar-refractivity contribution in [3.8, 4) is 0 Å². The van der Waals surface area contributed by atoms with E-state index in [0.717, 1.165) is 41.8 Å². The summed E-state index contributed by atoms with van der Waals surface area (Å²) in [5.41, 5.74) is 4.22. The fourth-order valence-corrected chi connectivity index (χ4v) is 3.41. The SMILES string of the molecule is C(=N\OCc1ccccc1)/c1cc[n+](CCC[n+]2ccc(/C=N/OCc3ccccc3)cc2)cc1. The van der Waals surface area contributed by atoms with Crippen LogP contribution in [0.25, 0.3) is 0 Å². The van der Waals surface area contributed by atoms with Crippen molar-refractivity contribution in [2.45, 2.75) is 32.7 Å². The van der Waals surface area contributed by atoms with Crippen LogP contribution in [0.5, 0.6) is 0 Å². The molecule has 0 aliphatic heterocycles. The van der Waals surface area contributed by atoms with E-state index in [2.05, 4.69) is 44.2 Å². The molecule has 0 fully saturated rings. The number of hydrogen-bond donors (Lipinski definition) is 0. The minimum absolute atomic E-state index is 0.470. The van der Waals surface area contributed by atoms with Crippen LogP contribution >= 0.6 is 0 Å². The lowest BCUT2D eigenvalue weighted by molar-refractivity contribution is -0.726. The van der Waals surface area contributed by atoms with E-state index in [1.165, 1.54) is 0 Å². The van der Waals surface area contributed by atoms with Gasteiger partial charge in [-0.25, -0.2) is 9.13 Å². The zero-order valence-corrected chi connectivity index (χ0v) is 19.7. The van der Waals surface area contributed by atoms with Gasteiger partial charge in [-0.2, -0.15) is 0 Å². The fraction of sp³-hybridized carbons (Fsp3) is 0.172. The largest absolute Gasteiger partial charge is 0.391 e. The number of aromatic nitrogens is 2. The molecule has 0 saturated carbocycles. The monoisotopic (exact) mass is 466 g/mol. The van der Waals surface area contributed by atoms with Gasteiger partial charge in [0.05, 0.1) is 18.9 Å². The van der Waals surface area contributed by atoms with Gasteiger partial charge in [0.1, 0.15) is 13.2 Å². The Labute approximate surface area is 206 Å². The van der Waals surface area contributed by atoms with E-state index in [4.69, 9.17) is 9.68 Å². The first-order chi connectivity index (χ1) is 17.3. The maximum atomic E-state index is 5.37. The molecule has 0 N–H and O–H groups in total. The number of aryl methyl sites for hydroxylation is 2. The molecule has 2 heterocycles. The normalized spacial score (nSPS) is 11.2. The van der Waals surface area contributed by atoms with E-state index in [1.54, 1.807) is 12.4 Å². The Morgan fingerprint density at radius 3 is 1.34 bits per heavy atom. The molecular weight excluding hydrogens is 436 g/mol. The van der Waals surface area contributed by atoms with Gasteiger partial charge >= 0.3 is 0 Å². The Kier molecular flexibility index (Phi) is 9.12. The van der Waals surface area contributed by atoms with E-state index in [-0.39, 0.29) is 0 Å². The van der Waals surface area contributed by atoms with Crippen LogP contribution in [0.2, 0.25) is 0 Å². The molecule has 0 aliphatic rings. The van der Waals surface area contributed by atoms with Crippen LogP contribution in [0.1, 0.15) is 28.7 Å². The van der Waals surface area contributed by atoms with Crippen LogP contribution in [0.3, 0.4) is 0 Å². The van der Waals surface area contributed by atoms with Gasteiger partial charge in [0, 0.05) is 35.4 Å². The molecule has 2 aromatic carbocycles. The number of rotatable bonds is 12. The Morgan fingerprint density at radius 1 is 0.543 bits per heavy atom. The standard InChI is InChI=1S/C29H30N4O2/c1-3-8-28(9-4-1)24-34-30-22-26-12-18-32(19-13-26)16-7-17-33-20-14-27(15-21-33)23-31-35-25-29-10-5-2-6-11-29/h1-6,8-15,18-23H,7,16-17,24-25H2/q+2/b30-22+,31-23+. The average molecular weight is 467 g/mol. The van der Waals surface area contributed by atoms with E-state index in [1.807, 2.05) is 84.9 Å². The zero-order valence-electron chi connectivity index (χ0n) is 19.7. The van der Waals surface area contributed by atoms with Gasteiger partial charge in [0.25, 0.3) is 0 Å². The van der Waals surface area contributed by atoms with Gasteiger partial charge < -0.3 is 9.68 Å². The molecule has 4 rings (SSSR count). The summed E-state index contributed by atoms with van der Waals surface area (Å²) in [5, 5.41) is 8.12. The second-order valence-corrected chi connectivity index (χ2v) is 8.08. The highest BCUT2D eigenvalue weighted by atomic mass is 16.6. The summed E-state index contributed by atoms with van der Waals surface area (Å²) in [7, 11) is 0. The quantitative estimate of drug-likeness (QED) is 0.176. The van der Waals surface area contributed by atoms with Crippen LogP contribution in [-0.4, -0.2) is 12.4 Å². The summed E-state index contributed by atoms with van der Waals surface area (Å²) in [6, 6.07) is 28.2. The van der Waals surface area contributed by atoms with E-state index >= 15 is 0 Å². The molecule has 0 radical (unpaired) electrons. The van der Waals surface area contributed by atoms with Crippen molar-refractivity contribution < 1.29 is 18.8 Å². The molecule has 6 heteroatoms. The third-order valence-electron chi connectivity index (χ3n) is 5.37. The molecule has 2 aromatic heterocycles. The molecule has 35 heavy (non-hydrogen) atoms. The van der Waals surface area contributed by atoms with E-state index in [0.29, 0.717) is 13.2 Å². The highest BCUT2D eigenvalue weighted by Crippen LogP contribution is 2.02. The minimum atomic E-state index is 0.470. The number of hydrogen-bond acceptors (Lipinski definition) is 4. The summed E-state index contributed by atoms with van der Waals surface area (Å²) in [5.74, 6) is 0. The van der Waals surface area contributed by atoms with Gasteiger partial charge in [-0.15, -0.1) is 0 Å². The van der Waals surface area contributed by atoms with Gasteiger partial charge in [-0.05, 0) is 11.1 Å². The Morgan fingerprint density at radius 2 is 0.943 bits per heavy atom. The van der Waals surface area contributed by atoms with Crippen molar-refractivity contribution in [1.29, 1.82) is 0 Å². The van der Waals surface area contributed by atoms with Crippen LogP contribution in [0.4, 0.5) is 0 Å². The highest BCUT2D eigenvalue weighted by Gasteiger charge is 2.05. The van der Waals surface area contributed by atoms with Gasteiger partial charge in [-0.3, -0.25) is 0 Å². The van der Waals surface area contributed by atoms with Gasteiger partial charge in [0.15, 0.2) is 37.9 Å². The Bertz CT molecular complexity index is 1100. The van der Waals surface area contributed by atoms with Crippen molar-refractivity contribution in [3.05, 3.63) is 132 Å². The third-order valence-corrected chi connectivity index (χ3v) is 5.37. The van der Waals surface area contributed by atoms with Crippen molar-refractivity contribution in [2.75, 3.05) is 0 Å². The molecule has 0 bridgehead atoms. The third kappa shape index (κ3) is 8.51. The van der Waals surface area contributed by atoms with Crippen molar-refractivity contribution in [3.63, 3.8) is 0 Å². The average Bonchev–Trinajstić information content (AvgIpc) is 2.92. The predicted molar refractivity (Wildman–Crippen MR) is 136 cm³/mol. The molecule has 0 spiro atoms. The van der Waals surface area contributed by atoms with Crippen molar-refractivity contribution >= 4 is 12.4 Å². The van der Waals surface area contributed by atoms with Crippen molar-refractivity contribution in [2.24, 2.45) is 10.3 Å². The van der Waals surface area contributed by atoms with Crippen LogP contribution in [0.15, 0.2) is 120 Å². The number of benzene rings is 2. The summed E-state index contributed by atoms with van der Waals surface area (Å²) >= 11 is 0. The highest BCUT2D eigenvalue weighted by molar-refractivity contribution is 5.78. The summed E-state index contributed by atoms with van der Waals surface area (Å²) in [6.45, 7) is 2.81. The Hall–Kier alpha value is -4.32. The van der Waals surface area contributed by atoms with Crippen molar-refractivity contribution in [1.82, 2.24) is 0 Å². The smallest absolute Gasteiger partial charge is 0.169 e. The zero-order chi connectivity index (χ0) is 24.0. The van der Waals surface area contributed by atoms with Crippen LogP contribution in [0, 0.1) is 0 Å². The molecule has 0 saturated heterocycles. The van der Waals surface area contributed by atoms with Crippen LogP contribution in [-0.2, 0) is 36.0 Å². The predicted octanol–water partition coefficient (Wildman–Crippen LogP) is 4.45. The molecule has 0 aliphatic carbocycles. The van der Waals surface area contributed by atoms with Gasteiger partial charge in [0.2, 0.25) is 0 Å². The molecule has 176 valence electrons.